The minimum atomic E-state index is -0.458. The van der Waals surface area contributed by atoms with Crippen LogP contribution >= 0.6 is 39.1 Å². The highest BCUT2D eigenvalue weighted by atomic mass is 79.9. The van der Waals surface area contributed by atoms with Crippen LogP contribution in [0.25, 0.3) is 6.08 Å². The number of halogens is 4. The van der Waals surface area contributed by atoms with Crippen molar-refractivity contribution < 1.29 is 4.39 Å². The summed E-state index contributed by atoms with van der Waals surface area (Å²) in [5.74, 6) is -0.458. The van der Waals surface area contributed by atoms with Crippen LogP contribution in [0.2, 0.25) is 10.0 Å². The molecule has 1 aromatic rings. The Kier molecular flexibility index (Phi) is 4.23. The molecule has 0 unspecified atom stereocenters. The molecule has 0 saturated carbocycles. The molecule has 0 bridgehead atoms. The van der Waals surface area contributed by atoms with E-state index in [0.29, 0.717) is 15.9 Å². The fraction of sp³-hybridized carbons (Fsp3) is 0.111. The molecule has 4 heteroatoms. The molecule has 0 fully saturated rings. The summed E-state index contributed by atoms with van der Waals surface area (Å²) in [5, 5.41) is 1.19. The van der Waals surface area contributed by atoms with Crippen molar-refractivity contribution in [3.8, 4) is 0 Å². The Morgan fingerprint density at radius 3 is 2.62 bits per heavy atom. The molecule has 13 heavy (non-hydrogen) atoms. The first kappa shape index (κ1) is 11.0. The zero-order valence-corrected chi connectivity index (χ0v) is 9.63. The van der Waals surface area contributed by atoms with Gasteiger partial charge in [-0.15, -0.1) is 0 Å². The second kappa shape index (κ2) is 4.99. The largest absolute Gasteiger partial charge is 0.205 e. The highest BCUT2D eigenvalue weighted by Gasteiger charge is 2.03. The minimum Gasteiger partial charge on any atom is -0.205 e. The summed E-state index contributed by atoms with van der Waals surface area (Å²) in [6.07, 6.45) is 3.56. The van der Waals surface area contributed by atoms with Gasteiger partial charge in [-0.05, 0) is 17.7 Å². The highest BCUT2D eigenvalue weighted by Crippen LogP contribution is 2.25. The van der Waals surface area contributed by atoms with Crippen molar-refractivity contribution in [2.75, 3.05) is 5.33 Å². The lowest BCUT2D eigenvalue weighted by atomic mass is 10.2. The van der Waals surface area contributed by atoms with Gasteiger partial charge in [0, 0.05) is 10.4 Å². The van der Waals surface area contributed by atoms with Crippen molar-refractivity contribution in [2.45, 2.75) is 0 Å². The Morgan fingerprint density at radius 2 is 2.00 bits per heavy atom. The third-order valence-electron chi connectivity index (χ3n) is 1.43. The number of benzene rings is 1. The summed E-state index contributed by atoms with van der Waals surface area (Å²) in [4.78, 5) is 0. The van der Waals surface area contributed by atoms with Crippen LogP contribution in [0, 0.1) is 5.82 Å². The maximum absolute atomic E-state index is 13.0. The van der Waals surface area contributed by atoms with Gasteiger partial charge in [0.25, 0.3) is 0 Å². The molecule has 70 valence electrons. The second-order valence-corrected chi connectivity index (χ2v) is 3.81. The average molecular weight is 284 g/mol. The van der Waals surface area contributed by atoms with Gasteiger partial charge < -0.3 is 0 Å². The van der Waals surface area contributed by atoms with Gasteiger partial charge in [-0.1, -0.05) is 51.3 Å². The van der Waals surface area contributed by atoms with Gasteiger partial charge in [-0.25, -0.2) is 4.39 Å². The van der Waals surface area contributed by atoms with Crippen LogP contribution in [0.1, 0.15) is 5.56 Å². The van der Waals surface area contributed by atoms with E-state index in [9.17, 15) is 4.39 Å². The Labute approximate surface area is 94.5 Å². The van der Waals surface area contributed by atoms with E-state index in [1.54, 1.807) is 6.08 Å². The third kappa shape index (κ3) is 2.97. The molecule has 0 nitrogen and oxygen atoms in total. The third-order valence-corrected chi connectivity index (χ3v) is 2.42. The Hall–Kier alpha value is -0.0500. The van der Waals surface area contributed by atoms with Crippen LogP contribution in [-0.4, -0.2) is 5.33 Å². The smallest absolute Gasteiger partial charge is 0.142 e. The molecule has 0 amide bonds. The minimum absolute atomic E-state index is 0.0426. The van der Waals surface area contributed by atoms with E-state index in [1.807, 2.05) is 6.08 Å². The topological polar surface area (TPSA) is 0 Å². The molecule has 0 aliphatic heterocycles. The summed E-state index contributed by atoms with van der Waals surface area (Å²) in [6.45, 7) is 0. The second-order valence-electron chi connectivity index (χ2n) is 2.34. The number of alkyl halides is 1. The summed E-state index contributed by atoms with van der Waals surface area (Å²) < 4.78 is 13.0. The highest BCUT2D eigenvalue weighted by molar-refractivity contribution is 9.09. The van der Waals surface area contributed by atoms with Gasteiger partial charge in [0.1, 0.15) is 5.82 Å². The number of allylic oxidation sites excluding steroid dienone is 1. The van der Waals surface area contributed by atoms with Gasteiger partial charge >= 0.3 is 0 Å². The van der Waals surface area contributed by atoms with E-state index in [1.165, 1.54) is 12.1 Å². The fourth-order valence-corrected chi connectivity index (χ4v) is 1.47. The first-order valence-electron chi connectivity index (χ1n) is 3.52. The molecule has 0 aromatic heterocycles. The summed E-state index contributed by atoms with van der Waals surface area (Å²) >= 11 is 14.6. The fourth-order valence-electron chi connectivity index (χ4n) is 0.837. The average Bonchev–Trinajstić information content (AvgIpc) is 2.09. The maximum Gasteiger partial charge on any atom is 0.142 e. The molecule has 0 N–H and O–H groups in total. The Morgan fingerprint density at radius 1 is 1.31 bits per heavy atom. The normalized spacial score (nSPS) is 11.1. The SMILES string of the molecule is Fc1cc(C=CCBr)c(Cl)cc1Cl. The van der Waals surface area contributed by atoms with Gasteiger partial charge in [-0.2, -0.15) is 0 Å². The van der Waals surface area contributed by atoms with Crippen molar-refractivity contribution in [2.24, 2.45) is 0 Å². The van der Waals surface area contributed by atoms with Crippen molar-refractivity contribution >= 4 is 45.2 Å². The lowest BCUT2D eigenvalue weighted by Gasteiger charge is -2.00. The molecule has 0 radical (unpaired) electrons. The van der Waals surface area contributed by atoms with Crippen molar-refractivity contribution in [1.29, 1.82) is 0 Å². The van der Waals surface area contributed by atoms with E-state index in [2.05, 4.69) is 15.9 Å². The van der Waals surface area contributed by atoms with Crippen LogP contribution in [-0.2, 0) is 0 Å². The lowest BCUT2D eigenvalue weighted by Crippen LogP contribution is -1.81. The molecule has 0 aliphatic carbocycles. The van der Waals surface area contributed by atoms with Crippen molar-refractivity contribution in [1.82, 2.24) is 0 Å². The van der Waals surface area contributed by atoms with Crippen LogP contribution in [0.15, 0.2) is 18.2 Å². The van der Waals surface area contributed by atoms with Gasteiger partial charge in [0.2, 0.25) is 0 Å². The number of rotatable bonds is 2. The number of hydrogen-bond donors (Lipinski definition) is 0. The predicted octanol–water partition coefficient (Wildman–Crippen LogP) is 4.54. The van der Waals surface area contributed by atoms with Gasteiger partial charge in [0.15, 0.2) is 0 Å². The standard InChI is InChI=1S/C9H6BrCl2F/c10-3-1-2-6-4-9(13)8(12)5-7(6)11/h1-2,4-5H,3H2. The zero-order chi connectivity index (χ0) is 9.84. The molecule has 0 aliphatic rings. The first-order valence-corrected chi connectivity index (χ1v) is 5.40. The maximum atomic E-state index is 13.0. The van der Waals surface area contributed by atoms with E-state index < -0.39 is 5.82 Å². The van der Waals surface area contributed by atoms with Gasteiger partial charge in [0.05, 0.1) is 5.02 Å². The molecule has 0 atom stereocenters. The quantitative estimate of drug-likeness (QED) is 0.552. The molecule has 1 aromatic carbocycles. The van der Waals surface area contributed by atoms with E-state index >= 15 is 0 Å². The Bertz CT molecular complexity index is 337. The first-order chi connectivity index (χ1) is 6.15. The summed E-state index contributed by atoms with van der Waals surface area (Å²) in [5.41, 5.74) is 0.628. The van der Waals surface area contributed by atoms with E-state index in [0.717, 1.165) is 0 Å². The van der Waals surface area contributed by atoms with Crippen LogP contribution in [0.5, 0.6) is 0 Å². The molecule has 0 saturated heterocycles. The number of hydrogen-bond acceptors (Lipinski definition) is 0. The molecule has 0 heterocycles. The molecule has 0 spiro atoms. The van der Waals surface area contributed by atoms with Crippen molar-refractivity contribution in [3.63, 3.8) is 0 Å². The summed E-state index contributed by atoms with van der Waals surface area (Å²) in [6, 6.07) is 2.70. The van der Waals surface area contributed by atoms with E-state index in [4.69, 9.17) is 23.2 Å². The summed E-state index contributed by atoms with van der Waals surface area (Å²) in [7, 11) is 0. The monoisotopic (exact) mass is 282 g/mol. The van der Waals surface area contributed by atoms with Crippen LogP contribution < -0.4 is 0 Å². The van der Waals surface area contributed by atoms with E-state index in [-0.39, 0.29) is 5.02 Å². The zero-order valence-electron chi connectivity index (χ0n) is 6.53. The Balaban J connectivity index is 3.08. The molecule has 1 rings (SSSR count). The van der Waals surface area contributed by atoms with Crippen LogP contribution in [0.3, 0.4) is 0 Å². The van der Waals surface area contributed by atoms with Crippen LogP contribution in [0.4, 0.5) is 4.39 Å². The van der Waals surface area contributed by atoms with Crippen molar-refractivity contribution in [3.05, 3.63) is 39.6 Å². The lowest BCUT2D eigenvalue weighted by molar-refractivity contribution is 0.628. The van der Waals surface area contributed by atoms with Gasteiger partial charge in [-0.3, -0.25) is 0 Å². The molecular formula is C9H6BrCl2F. The predicted molar refractivity (Wildman–Crippen MR) is 59.2 cm³/mol. The molecular weight excluding hydrogens is 278 g/mol.